The first-order valence-electron chi connectivity index (χ1n) is 9.79. The largest absolute Gasteiger partial charge is 0.481 e. The van der Waals surface area contributed by atoms with Gasteiger partial charge in [0.25, 0.3) is 5.91 Å². The van der Waals surface area contributed by atoms with Crippen LogP contribution in [0, 0.1) is 19.7 Å². The van der Waals surface area contributed by atoms with E-state index in [4.69, 9.17) is 9.47 Å². The number of nitrogens with zero attached hydrogens (tertiary/aromatic N) is 4. The smallest absolute Gasteiger partial charge is 0.262 e. The number of nitrogens with one attached hydrogen (secondary N) is 1. The maximum atomic E-state index is 13.5. The molecule has 0 spiro atoms. The molecule has 0 fully saturated rings. The Labute approximate surface area is 183 Å². The molecule has 0 saturated heterocycles. The van der Waals surface area contributed by atoms with Crippen molar-refractivity contribution in [3.63, 3.8) is 0 Å². The Bertz CT molecular complexity index is 1240. The summed E-state index contributed by atoms with van der Waals surface area (Å²) in [7, 11) is 0. The number of rotatable bonds is 7. The summed E-state index contributed by atoms with van der Waals surface area (Å²) in [5, 5.41) is 7.09. The number of ether oxygens (including phenoxy) is 2. The zero-order valence-corrected chi connectivity index (χ0v) is 17.4. The van der Waals surface area contributed by atoms with E-state index in [1.54, 1.807) is 47.1 Å². The van der Waals surface area contributed by atoms with Crippen LogP contribution in [0.15, 0.2) is 67.0 Å². The molecule has 2 aromatic carbocycles. The van der Waals surface area contributed by atoms with Crippen LogP contribution in [0.5, 0.6) is 17.4 Å². The standard InChI is InChI=1S/C23H20FN5O3/c1-15-11-16(2)29(28-15)21-12-23(26-14-25-21)32-18-9-7-17(8-10-18)27-22(30)13-31-20-6-4-3-5-19(20)24/h3-12,14H,13H2,1-2H3,(H,27,30). The van der Waals surface area contributed by atoms with Crippen LogP contribution in [-0.4, -0.2) is 32.3 Å². The van der Waals surface area contributed by atoms with Crippen molar-refractivity contribution in [2.24, 2.45) is 0 Å². The maximum absolute atomic E-state index is 13.5. The van der Waals surface area contributed by atoms with E-state index >= 15 is 0 Å². The van der Waals surface area contributed by atoms with Crippen LogP contribution in [0.3, 0.4) is 0 Å². The molecule has 2 heterocycles. The highest BCUT2D eigenvalue weighted by atomic mass is 19.1. The van der Waals surface area contributed by atoms with Gasteiger partial charge in [-0.1, -0.05) is 12.1 Å². The first-order chi connectivity index (χ1) is 15.5. The molecule has 2 aromatic heterocycles. The molecule has 1 amide bonds. The number of benzene rings is 2. The quantitative estimate of drug-likeness (QED) is 0.469. The maximum Gasteiger partial charge on any atom is 0.262 e. The Morgan fingerprint density at radius 3 is 2.56 bits per heavy atom. The Morgan fingerprint density at radius 2 is 1.84 bits per heavy atom. The highest BCUT2D eigenvalue weighted by Gasteiger charge is 2.09. The molecule has 32 heavy (non-hydrogen) atoms. The number of hydrogen-bond acceptors (Lipinski definition) is 6. The van der Waals surface area contributed by atoms with Crippen LogP contribution in [0.2, 0.25) is 0 Å². The lowest BCUT2D eigenvalue weighted by Gasteiger charge is -2.10. The number of aryl methyl sites for hydroxylation is 2. The van der Waals surface area contributed by atoms with Crippen LogP contribution in [0.4, 0.5) is 10.1 Å². The topological polar surface area (TPSA) is 91.2 Å². The summed E-state index contributed by atoms with van der Waals surface area (Å²) >= 11 is 0. The fourth-order valence-corrected chi connectivity index (χ4v) is 2.99. The number of carbonyl (C=O) groups is 1. The van der Waals surface area contributed by atoms with E-state index in [0.29, 0.717) is 23.1 Å². The van der Waals surface area contributed by atoms with E-state index in [1.165, 1.54) is 18.5 Å². The van der Waals surface area contributed by atoms with Gasteiger partial charge in [0, 0.05) is 17.4 Å². The number of anilines is 1. The summed E-state index contributed by atoms with van der Waals surface area (Å²) in [6, 6.07) is 16.3. The molecule has 0 aliphatic rings. The van der Waals surface area contributed by atoms with Crippen molar-refractivity contribution in [1.82, 2.24) is 19.7 Å². The van der Waals surface area contributed by atoms with Crippen molar-refractivity contribution < 1.29 is 18.7 Å². The van der Waals surface area contributed by atoms with E-state index < -0.39 is 11.7 Å². The third-order valence-corrected chi connectivity index (χ3v) is 4.41. The second-order valence-electron chi connectivity index (χ2n) is 6.95. The van der Waals surface area contributed by atoms with Crippen molar-refractivity contribution in [3.05, 3.63) is 84.2 Å². The molecule has 0 aliphatic heterocycles. The SMILES string of the molecule is Cc1cc(C)n(-c2cc(Oc3ccc(NC(=O)COc4ccccc4F)cc3)ncn2)n1. The highest BCUT2D eigenvalue weighted by molar-refractivity contribution is 5.91. The number of para-hydroxylation sites is 1. The minimum absolute atomic E-state index is 0.0242. The predicted octanol–water partition coefficient (Wildman–Crippen LogP) is 4.23. The monoisotopic (exact) mass is 433 g/mol. The lowest BCUT2D eigenvalue weighted by Crippen LogP contribution is -2.20. The van der Waals surface area contributed by atoms with Gasteiger partial charge < -0.3 is 14.8 Å². The second-order valence-corrected chi connectivity index (χ2v) is 6.95. The van der Waals surface area contributed by atoms with E-state index in [-0.39, 0.29) is 12.4 Å². The zero-order valence-electron chi connectivity index (χ0n) is 17.4. The minimum Gasteiger partial charge on any atom is -0.481 e. The van der Waals surface area contributed by atoms with Gasteiger partial charge in [-0.2, -0.15) is 5.10 Å². The number of hydrogen-bond donors (Lipinski definition) is 1. The number of halogens is 1. The Hall–Kier alpha value is -4.27. The van der Waals surface area contributed by atoms with Crippen LogP contribution in [-0.2, 0) is 4.79 Å². The Balaban J connectivity index is 1.36. The van der Waals surface area contributed by atoms with Crippen LogP contribution >= 0.6 is 0 Å². The third-order valence-electron chi connectivity index (χ3n) is 4.41. The van der Waals surface area contributed by atoms with Gasteiger partial charge in [0.15, 0.2) is 24.0 Å². The normalized spacial score (nSPS) is 10.6. The van der Waals surface area contributed by atoms with Gasteiger partial charge in [-0.05, 0) is 56.3 Å². The summed E-state index contributed by atoms with van der Waals surface area (Å²) < 4.78 is 26.3. The molecule has 9 heteroatoms. The van der Waals surface area contributed by atoms with Gasteiger partial charge in [-0.15, -0.1) is 0 Å². The number of carbonyl (C=O) groups excluding carboxylic acids is 1. The second kappa shape index (κ2) is 9.25. The minimum atomic E-state index is -0.521. The average molecular weight is 433 g/mol. The summed E-state index contributed by atoms with van der Waals surface area (Å²) in [6.45, 7) is 3.54. The molecular weight excluding hydrogens is 413 g/mol. The lowest BCUT2D eigenvalue weighted by molar-refractivity contribution is -0.118. The molecule has 162 valence electrons. The first kappa shape index (κ1) is 21.0. The van der Waals surface area contributed by atoms with Gasteiger partial charge in [-0.3, -0.25) is 4.79 Å². The fraction of sp³-hybridized carbons (Fsp3) is 0.130. The van der Waals surface area contributed by atoms with Crippen molar-refractivity contribution in [2.45, 2.75) is 13.8 Å². The molecule has 0 radical (unpaired) electrons. The van der Waals surface area contributed by atoms with Crippen LogP contribution in [0.1, 0.15) is 11.4 Å². The molecule has 0 saturated carbocycles. The first-order valence-corrected chi connectivity index (χ1v) is 9.79. The van der Waals surface area contributed by atoms with Crippen molar-refractivity contribution in [1.29, 1.82) is 0 Å². The van der Waals surface area contributed by atoms with Gasteiger partial charge in [0.1, 0.15) is 12.1 Å². The van der Waals surface area contributed by atoms with Gasteiger partial charge >= 0.3 is 0 Å². The van der Waals surface area contributed by atoms with Crippen molar-refractivity contribution >= 4 is 11.6 Å². The average Bonchev–Trinajstić information content (AvgIpc) is 3.13. The molecular formula is C23H20FN5O3. The van der Waals surface area contributed by atoms with Crippen molar-refractivity contribution in [2.75, 3.05) is 11.9 Å². The van der Waals surface area contributed by atoms with Crippen molar-refractivity contribution in [3.8, 4) is 23.2 Å². The zero-order chi connectivity index (χ0) is 22.5. The lowest BCUT2D eigenvalue weighted by atomic mass is 10.3. The molecule has 4 rings (SSSR count). The van der Waals surface area contributed by atoms with E-state index in [0.717, 1.165) is 11.4 Å². The van der Waals surface area contributed by atoms with Gasteiger partial charge in [0.2, 0.25) is 5.88 Å². The molecule has 0 bridgehead atoms. The van der Waals surface area contributed by atoms with E-state index in [1.807, 2.05) is 19.9 Å². The summed E-state index contributed by atoms with van der Waals surface area (Å²) in [5.74, 6) is 0.580. The van der Waals surface area contributed by atoms with E-state index in [2.05, 4.69) is 20.4 Å². The van der Waals surface area contributed by atoms with Gasteiger partial charge in [0.05, 0.1) is 5.69 Å². The third kappa shape index (κ3) is 5.07. The van der Waals surface area contributed by atoms with Crippen LogP contribution in [0.25, 0.3) is 5.82 Å². The van der Waals surface area contributed by atoms with E-state index in [9.17, 15) is 9.18 Å². The molecule has 0 atom stereocenters. The molecule has 0 aliphatic carbocycles. The highest BCUT2D eigenvalue weighted by Crippen LogP contribution is 2.23. The fourth-order valence-electron chi connectivity index (χ4n) is 2.99. The number of aromatic nitrogens is 4. The van der Waals surface area contributed by atoms with Gasteiger partial charge in [-0.25, -0.2) is 19.0 Å². The Kier molecular flexibility index (Phi) is 6.07. The number of amides is 1. The summed E-state index contributed by atoms with van der Waals surface area (Å²) in [6.07, 6.45) is 1.41. The Morgan fingerprint density at radius 1 is 1.06 bits per heavy atom. The molecule has 4 aromatic rings. The summed E-state index contributed by atoms with van der Waals surface area (Å²) in [4.78, 5) is 20.4. The predicted molar refractivity (Wildman–Crippen MR) is 116 cm³/mol. The molecule has 0 unspecified atom stereocenters. The molecule has 8 nitrogen and oxygen atoms in total. The molecule has 1 N–H and O–H groups in total. The van der Waals surface area contributed by atoms with Crippen LogP contribution < -0.4 is 14.8 Å². The summed E-state index contributed by atoms with van der Waals surface area (Å²) in [5.41, 5.74) is 2.39.